The second-order valence-corrected chi connectivity index (χ2v) is 3.26. The maximum absolute atomic E-state index is 9.79. The first kappa shape index (κ1) is 10.2. The van der Waals surface area contributed by atoms with E-state index in [0.717, 1.165) is 5.52 Å². The van der Waals surface area contributed by atoms with Crippen LogP contribution in [0.15, 0.2) is 64.3 Å². The third-order valence-corrected chi connectivity index (χ3v) is 2.14. The van der Waals surface area contributed by atoms with Gasteiger partial charge in [0.25, 0.3) is 0 Å². The Bertz CT molecular complexity index is 577. The van der Waals surface area contributed by atoms with Crippen LogP contribution in [0.1, 0.15) is 0 Å². The van der Waals surface area contributed by atoms with Gasteiger partial charge >= 0.3 is 0 Å². The quantitative estimate of drug-likeness (QED) is 0.529. The molecule has 16 heavy (non-hydrogen) atoms. The van der Waals surface area contributed by atoms with Crippen LogP contribution in [0.25, 0.3) is 10.9 Å². The van der Waals surface area contributed by atoms with Crippen LogP contribution in [0.5, 0.6) is 0 Å². The lowest BCUT2D eigenvalue weighted by Crippen LogP contribution is -2.26. The zero-order valence-corrected chi connectivity index (χ0v) is 8.46. The maximum atomic E-state index is 9.79. The molecule has 0 bridgehead atoms. The number of hydrogen-bond donors (Lipinski definition) is 0. The molecule has 3 heteroatoms. The van der Waals surface area contributed by atoms with Gasteiger partial charge in [-0.3, -0.25) is 14.6 Å². The van der Waals surface area contributed by atoms with E-state index in [4.69, 9.17) is 0 Å². The molecule has 2 aromatic carbocycles. The molecule has 0 amide bonds. The van der Waals surface area contributed by atoms with E-state index in [-0.39, 0.29) is 10.9 Å². The van der Waals surface area contributed by atoms with E-state index >= 15 is 0 Å². The van der Waals surface area contributed by atoms with E-state index in [1.165, 1.54) is 17.5 Å². The molecule has 3 rings (SSSR count). The summed E-state index contributed by atoms with van der Waals surface area (Å²) in [6.45, 7) is 0. The standard InChI is InChI=1S/C9H7N.C4H2O2/c1-2-6-9-8(4-1)5-3-7-10-9;5-3-1-2-4(3)6/h1-7H;1-2H. The van der Waals surface area contributed by atoms with Gasteiger partial charge in [-0.15, -0.1) is 0 Å². The molecule has 1 heterocycles. The Morgan fingerprint density at radius 1 is 0.750 bits per heavy atom. The van der Waals surface area contributed by atoms with Gasteiger partial charge < -0.3 is 0 Å². The highest BCUT2D eigenvalue weighted by atomic mass is 16.2. The zero-order chi connectivity index (χ0) is 11.4. The van der Waals surface area contributed by atoms with Crippen LogP contribution in [0.3, 0.4) is 0 Å². The number of para-hydroxylation sites is 1. The lowest BCUT2D eigenvalue weighted by atomic mass is 10.2. The monoisotopic (exact) mass is 211 g/mol. The van der Waals surface area contributed by atoms with Crippen molar-refractivity contribution in [2.75, 3.05) is 0 Å². The molecule has 0 fully saturated rings. The van der Waals surface area contributed by atoms with Crippen molar-refractivity contribution in [3.63, 3.8) is 0 Å². The van der Waals surface area contributed by atoms with Crippen LogP contribution in [-0.2, 0) is 0 Å². The first-order valence-corrected chi connectivity index (χ1v) is 4.83. The van der Waals surface area contributed by atoms with E-state index < -0.39 is 0 Å². The summed E-state index contributed by atoms with van der Waals surface area (Å²) >= 11 is 0. The number of benzene rings is 1. The van der Waals surface area contributed by atoms with Gasteiger partial charge in [-0.05, 0) is 24.3 Å². The Balaban J connectivity index is 0.000000138. The first-order chi connectivity index (χ1) is 7.77. The van der Waals surface area contributed by atoms with Crippen molar-refractivity contribution < 1.29 is 0 Å². The Morgan fingerprint density at radius 2 is 1.38 bits per heavy atom. The minimum absolute atomic E-state index is 0.380. The summed E-state index contributed by atoms with van der Waals surface area (Å²) in [6.07, 6.45) is 1.81. The predicted octanol–water partition coefficient (Wildman–Crippen LogP) is 1.52. The smallest absolute Gasteiger partial charge is 0.225 e. The topological polar surface area (TPSA) is 47.0 Å². The summed E-state index contributed by atoms with van der Waals surface area (Å²) in [5, 5.41) is 1.20. The summed E-state index contributed by atoms with van der Waals surface area (Å²) in [4.78, 5) is 23.8. The Kier molecular flexibility index (Phi) is 2.87. The van der Waals surface area contributed by atoms with E-state index in [0.29, 0.717) is 0 Å². The van der Waals surface area contributed by atoms with Gasteiger partial charge in [0.2, 0.25) is 10.9 Å². The normalized spacial score (nSPS) is 9.75. The van der Waals surface area contributed by atoms with Gasteiger partial charge in [-0.25, -0.2) is 0 Å². The highest BCUT2D eigenvalue weighted by Crippen LogP contribution is 2.07. The summed E-state index contributed by atoms with van der Waals surface area (Å²) in [5.41, 5.74) is 0.301. The lowest BCUT2D eigenvalue weighted by Gasteiger charge is -1.91. The summed E-state index contributed by atoms with van der Waals surface area (Å²) in [7, 11) is 0. The Labute approximate surface area is 91.7 Å². The predicted molar refractivity (Wildman–Crippen MR) is 63.1 cm³/mol. The molecule has 1 aromatic heterocycles. The van der Waals surface area contributed by atoms with Crippen molar-refractivity contribution in [3.05, 3.63) is 75.2 Å². The van der Waals surface area contributed by atoms with Crippen molar-refractivity contribution in [2.45, 2.75) is 0 Å². The third kappa shape index (κ3) is 2.20. The second kappa shape index (κ2) is 4.49. The molecule has 0 unspecified atom stereocenters. The molecule has 0 aliphatic heterocycles. The summed E-state index contributed by atoms with van der Waals surface area (Å²) in [6, 6.07) is 14.6. The van der Waals surface area contributed by atoms with Gasteiger partial charge in [-0.2, -0.15) is 0 Å². The van der Waals surface area contributed by atoms with E-state index in [9.17, 15) is 9.59 Å². The minimum atomic E-state index is -0.380. The van der Waals surface area contributed by atoms with Gasteiger partial charge in [-0.1, -0.05) is 24.3 Å². The average molecular weight is 211 g/mol. The van der Waals surface area contributed by atoms with Crippen molar-refractivity contribution in [2.24, 2.45) is 0 Å². The van der Waals surface area contributed by atoms with Crippen molar-refractivity contribution in [3.8, 4) is 0 Å². The van der Waals surface area contributed by atoms with Crippen molar-refractivity contribution in [1.82, 2.24) is 4.98 Å². The lowest BCUT2D eigenvalue weighted by molar-refractivity contribution is 1.41. The van der Waals surface area contributed by atoms with Gasteiger partial charge in [0.1, 0.15) is 0 Å². The highest BCUT2D eigenvalue weighted by Gasteiger charge is 1.89. The van der Waals surface area contributed by atoms with Gasteiger partial charge in [0.05, 0.1) is 5.52 Å². The number of aromatic nitrogens is 1. The minimum Gasteiger partial charge on any atom is -0.286 e. The molecule has 0 aliphatic rings. The fourth-order valence-electron chi connectivity index (χ4n) is 1.24. The van der Waals surface area contributed by atoms with Gasteiger partial charge in [0, 0.05) is 11.6 Å². The second-order valence-electron chi connectivity index (χ2n) is 3.26. The molecular formula is C13H9NO2. The van der Waals surface area contributed by atoms with Crippen molar-refractivity contribution >= 4 is 10.9 Å². The molecule has 0 saturated heterocycles. The van der Waals surface area contributed by atoms with E-state index in [2.05, 4.69) is 17.1 Å². The fraction of sp³-hybridized carbons (Fsp3) is 0. The average Bonchev–Trinajstić information content (AvgIpc) is 2.37. The van der Waals surface area contributed by atoms with Crippen LogP contribution in [0, 0.1) is 0 Å². The van der Waals surface area contributed by atoms with E-state index in [1.807, 2.05) is 30.5 Å². The molecule has 78 valence electrons. The number of fused-ring (bicyclic) bond motifs is 1. The zero-order valence-electron chi connectivity index (χ0n) is 8.46. The summed E-state index contributed by atoms with van der Waals surface area (Å²) in [5.74, 6) is 0. The maximum Gasteiger partial charge on any atom is 0.225 e. The molecule has 3 nitrogen and oxygen atoms in total. The molecule has 0 radical (unpaired) electrons. The number of nitrogens with zero attached hydrogens (tertiary/aromatic N) is 1. The SMILES string of the molecule is O=c1ccc1=O.c1ccc2ncccc2c1. The summed E-state index contributed by atoms with van der Waals surface area (Å²) < 4.78 is 0. The van der Waals surface area contributed by atoms with Crippen LogP contribution < -0.4 is 10.9 Å². The van der Waals surface area contributed by atoms with Crippen LogP contribution in [0.2, 0.25) is 0 Å². The number of rotatable bonds is 0. The molecule has 0 aliphatic carbocycles. The Morgan fingerprint density at radius 3 is 1.94 bits per heavy atom. The molecule has 0 N–H and O–H groups in total. The van der Waals surface area contributed by atoms with Gasteiger partial charge in [0.15, 0.2) is 0 Å². The molecule has 0 atom stereocenters. The fourth-order valence-corrected chi connectivity index (χ4v) is 1.24. The molecule has 0 saturated carbocycles. The van der Waals surface area contributed by atoms with Crippen LogP contribution in [0.4, 0.5) is 0 Å². The molecule has 3 aromatic rings. The first-order valence-electron chi connectivity index (χ1n) is 4.83. The molecular weight excluding hydrogens is 202 g/mol. The largest absolute Gasteiger partial charge is 0.286 e. The van der Waals surface area contributed by atoms with Crippen molar-refractivity contribution in [1.29, 1.82) is 0 Å². The third-order valence-electron chi connectivity index (χ3n) is 2.14. The molecule has 0 spiro atoms. The van der Waals surface area contributed by atoms with Crippen LogP contribution in [-0.4, -0.2) is 4.98 Å². The number of hydrogen-bond acceptors (Lipinski definition) is 3. The number of pyridine rings is 1. The Hall–Kier alpha value is -2.29. The van der Waals surface area contributed by atoms with Crippen LogP contribution >= 0.6 is 0 Å². The van der Waals surface area contributed by atoms with E-state index in [1.54, 1.807) is 0 Å². The highest BCUT2D eigenvalue weighted by molar-refractivity contribution is 5.77.